The third-order valence-corrected chi connectivity index (χ3v) is 3.04. The maximum absolute atomic E-state index is 11.2. The third-order valence-electron chi connectivity index (χ3n) is 3.04. The Balaban J connectivity index is 2.74. The average Bonchev–Trinajstić information content (AvgIpc) is 2.43. The molecule has 0 bridgehead atoms. The molecular formula is C16H24N2O2. The van der Waals surface area contributed by atoms with Gasteiger partial charge in [0.15, 0.2) is 0 Å². The molecule has 1 amide bonds. The van der Waals surface area contributed by atoms with Crippen molar-refractivity contribution in [3.63, 3.8) is 0 Å². The molecule has 110 valence electrons. The molecule has 0 fully saturated rings. The van der Waals surface area contributed by atoms with Crippen LogP contribution in [0.1, 0.15) is 25.0 Å². The molecule has 0 heterocycles. The zero-order chi connectivity index (χ0) is 15.0. The number of rotatable bonds is 8. The second-order valence-corrected chi connectivity index (χ2v) is 4.98. The standard InChI is InChI=1S/C16H24N2O2/c1-13(2)17-11-16(20-4)18(12-19)10-9-15-8-6-5-7-14(15)3/h5-10,12-13,16-17H,11H2,1-4H3/b10-9-. The first kappa shape index (κ1) is 16.4. The lowest BCUT2D eigenvalue weighted by Crippen LogP contribution is -2.42. The minimum atomic E-state index is -0.310. The van der Waals surface area contributed by atoms with Crippen LogP contribution in [0.2, 0.25) is 0 Å². The van der Waals surface area contributed by atoms with Crippen LogP contribution in [0.15, 0.2) is 30.5 Å². The summed E-state index contributed by atoms with van der Waals surface area (Å²) in [6.07, 6.45) is 4.15. The van der Waals surface area contributed by atoms with E-state index >= 15 is 0 Å². The fourth-order valence-electron chi connectivity index (χ4n) is 1.79. The van der Waals surface area contributed by atoms with Gasteiger partial charge in [0, 0.05) is 25.9 Å². The molecule has 1 atom stereocenters. The van der Waals surface area contributed by atoms with Crippen molar-refractivity contribution in [3.8, 4) is 0 Å². The molecule has 0 spiro atoms. The number of nitrogens with one attached hydrogen (secondary N) is 1. The van der Waals surface area contributed by atoms with Crippen molar-refractivity contribution in [1.82, 2.24) is 10.2 Å². The summed E-state index contributed by atoms with van der Waals surface area (Å²) in [6.45, 7) is 6.74. The molecule has 0 aliphatic heterocycles. The fraction of sp³-hybridized carbons (Fsp3) is 0.438. The number of carbonyl (C=O) groups excluding carboxylic acids is 1. The normalized spacial score (nSPS) is 12.8. The first-order chi connectivity index (χ1) is 9.58. The van der Waals surface area contributed by atoms with Gasteiger partial charge in [-0.25, -0.2) is 0 Å². The van der Waals surface area contributed by atoms with Crippen LogP contribution in [0.5, 0.6) is 0 Å². The molecule has 1 aromatic carbocycles. The van der Waals surface area contributed by atoms with Crippen LogP contribution in [0.4, 0.5) is 0 Å². The second kappa shape index (κ2) is 8.51. The van der Waals surface area contributed by atoms with E-state index < -0.39 is 0 Å². The monoisotopic (exact) mass is 276 g/mol. The van der Waals surface area contributed by atoms with Crippen molar-refractivity contribution in [3.05, 3.63) is 41.6 Å². The van der Waals surface area contributed by atoms with Crippen LogP contribution >= 0.6 is 0 Å². The SMILES string of the molecule is COC(CNC(C)C)N(C=O)/C=C\c1ccccc1C. The van der Waals surface area contributed by atoms with Gasteiger partial charge < -0.3 is 10.1 Å². The Labute approximate surface area is 121 Å². The molecule has 20 heavy (non-hydrogen) atoms. The maximum atomic E-state index is 11.2. The predicted molar refractivity (Wildman–Crippen MR) is 82.1 cm³/mol. The van der Waals surface area contributed by atoms with E-state index in [1.54, 1.807) is 13.3 Å². The van der Waals surface area contributed by atoms with E-state index in [-0.39, 0.29) is 6.23 Å². The topological polar surface area (TPSA) is 41.6 Å². The van der Waals surface area contributed by atoms with E-state index in [2.05, 4.69) is 19.2 Å². The van der Waals surface area contributed by atoms with Crippen LogP contribution < -0.4 is 5.32 Å². The van der Waals surface area contributed by atoms with E-state index in [1.165, 1.54) is 10.5 Å². The van der Waals surface area contributed by atoms with Gasteiger partial charge >= 0.3 is 0 Å². The molecular weight excluding hydrogens is 252 g/mol. The summed E-state index contributed by atoms with van der Waals surface area (Å²) in [7, 11) is 1.60. The van der Waals surface area contributed by atoms with E-state index in [1.807, 2.05) is 37.3 Å². The Kier molecular flexibility index (Phi) is 6.98. The van der Waals surface area contributed by atoms with Crippen LogP contribution in [-0.2, 0) is 9.53 Å². The number of benzene rings is 1. The van der Waals surface area contributed by atoms with Crippen molar-refractivity contribution in [2.75, 3.05) is 13.7 Å². The molecule has 0 aliphatic carbocycles. The number of methoxy groups -OCH3 is 1. The van der Waals surface area contributed by atoms with Gasteiger partial charge in [-0.2, -0.15) is 0 Å². The molecule has 1 aromatic rings. The number of hydrogen-bond donors (Lipinski definition) is 1. The molecule has 0 saturated heterocycles. The second-order valence-electron chi connectivity index (χ2n) is 4.98. The van der Waals surface area contributed by atoms with Crippen molar-refractivity contribution < 1.29 is 9.53 Å². The Morgan fingerprint density at radius 3 is 2.60 bits per heavy atom. The zero-order valence-electron chi connectivity index (χ0n) is 12.7. The number of hydrogen-bond acceptors (Lipinski definition) is 3. The largest absolute Gasteiger partial charge is 0.360 e. The Morgan fingerprint density at radius 2 is 2.05 bits per heavy atom. The summed E-state index contributed by atoms with van der Waals surface area (Å²) in [5.74, 6) is 0. The molecule has 4 heteroatoms. The highest BCUT2D eigenvalue weighted by Crippen LogP contribution is 2.10. The lowest BCUT2D eigenvalue weighted by atomic mass is 10.1. The predicted octanol–water partition coefficient (Wildman–Crippen LogP) is 2.39. The van der Waals surface area contributed by atoms with E-state index in [0.717, 1.165) is 12.0 Å². The molecule has 0 aromatic heterocycles. The number of ether oxygens (including phenoxy) is 1. The van der Waals surface area contributed by atoms with Crippen LogP contribution in [-0.4, -0.2) is 37.2 Å². The third kappa shape index (κ3) is 5.15. The molecule has 0 saturated carbocycles. The summed E-state index contributed by atoms with van der Waals surface area (Å²) < 4.78 is 5.35. The number of carbonyl (C=O) groups is 1. The molecule has 1 unspecified atom stereocenters. The van der Waals surface area contributed by atoms with Gasteiger partial charge in [-0.05, 0) is 24.1 Å². The van der Waals surface area contributed by atoms with Gasteiger partial charge in [0.05, 0.1) is 0 Å². The molecule has 1 rings (SSSR count). The first-order valence-corrected chi connectivity index (χ1v) is 6.81. The number of amides is 1. The van der Waals surface area contributed by atoms with Gasteiger partial charge in [-0.3, -0.25) is 9.69 Å². The smallest absolute Gasteiger partial charge is 0.215 e. The van der Waals surface area contributed by atoms with Crippen LogP contribution in [0, 0.1) is 6.92 Å². The molecule has 0 radical (unpaired) electrons. The minimum absolute atomic E-state index is 0.310. The maximum Gasteiger partial charge on any atom is 0.215 e. The van der Waals surface area contributed by atoms with Gasteiger partial charge in [0.25, 0.3) is 0 Å². The van der Waals surface area contributed by atoms with Gasteiger partial charge in [-0.1, -0.05) is 38.1 Å². The quantitative estimate of drug-likeness (QED) is 0.585. The van der Waals surface area contributed by atoms with Crippen LogP contribution in [0.3, 0.4) is 0 Å². The molecule has 1 N–H and O–H groups in total. The molecule has 4 nitrogen and oxygen atoms in total. The van der Waals surface area contributed by atoms with E-state index in [9.17, 15) is 4.79 Å². The zero-order valence-corrected chi connectivity index (χ0v) is 12.7. The highest BCUT2D eigenvalue weighted by molar-refractivity contribution is 5.58. The van der Waals surface area contributed by atoms with Crippen molar-refractivity contribution in [2.45, 2.75) is 33.0 Å². The van der Waals surface area contributed by atoms with Crippen LogP contribution in [0.25, 0.3) is 6.08 Å². The number of nitrogens with zero attached hydrogens (tertiary/aromatic N) is 1. The lowest BCUT2D eigenvalue weighted by molar-refractivity contribution is -0.124. The van der Waals surface area contributed by atoms with Crippen molar-refractivity contribution in [2.24, 2.45) is 0 Å². The minimum Gasteiger partial charge on any atom is -0.360 e. The van der Waals surface area contributed by atoms with E-state index in [0.29, 0.717) is 12.6 Å². The highest BCUT2D eigenvalue weighted by Gasteiger charge is 2.13. The number of aryl methyl sites for hydroxylation is 1. The van der Waals surface area contributed by atoms with Crippen molar-refractivity contribution in [1.29, 1.82) is 0 Å². The van der Waals surface area contributed by atoms with E-state index in [4.69, 9.17) is 4.74 Å². The van der Waals surface area contributed by atoms with Gasteiger partial charge in [0.1, 0.15) is 6.23 Å². The molecule has 0 aliphatic rings. The fourth-order valence-corrected chi connectivity index (χ4v) is 1.79. The average molecular weight is 276 g/mol. The summed E-state index contributed by atoms with van der Waals surface area (Å²) in [5, 5.41) is 3.26. The summed E-state index contributed by atoms with van der Waals surface area (Å²) in [4.78, 5) is 12.8. The van der Waals surface area contributed by atoms with Gasteiger partial charge in [0.2, 0.25) is 6.41 Å². The Hall–Kier alpha value is -1.65. The summed E-state index contributed by atoms with van der Waals surface area (Å²) in [5.41, 5.74) is 2.26. The lowest BCUT2D eigenvalue weighted by Gasteiger charge is -2.25. The summed E-state index contributed by atoms with van der Waals surface area (Å²) >= 11 is 0. The van der Waals surface area contributed by atoms with Gasteiger partial charge in [-0.15, -0.1) is 0 Å². The van der Waals surface area contributed by atoms with Crippen molar-refractivity contribution >= 4 is 12.5 Å². The highest BCUT2D eigenvalue weighted by atomic mass is 16.5. The summed E-state index contributed by atoms with van der Waals surface area (Å²) in [6, 6.07) is 8.38. The Bertz CT molecular complexity index is 444. The Morgan fingerprint density at radius 1 is 1.35 bits per heavy atom. The first-order valence-electron chi connectivity index (χ1n) is 6.81.